The molecule has 0 saturated carbocycles. The van der Waals surface area contributed by atoms with Gasteiger partial charge in [-0.3, -0.25) is 9.59 Å². The third-order valence-corrected chi connectivity index (χ3v) is 4.36. The predicted molar refractivity (Wildman–Crippen MR) is 84.8 cm³/mol. The van der Waals surface area contributed by atoms with Gasteiger partial charge in [0.05, 0.1) is 6.04 Å². The van der Waals surface area contributed by atoms with Crippen molar-refractivity contribution < 1.29 is 14.0 Å². The van der Waals surface area contributed by atoms with Crippen LogP contribution in [0.25, 0.3) is 0 Å². The summed E-state index contributed by atoms with van der Waals surface area (Å²) in [5.74, 6) is -1.12. The van der Waals surface area contributed by atoms with Crippen molar-refractivity contribution in [3.63, 3.8) is 0 Å². The minimum Gasteiger partial charge on any atom is -0.368 e. The van der Waals surface area contributed by atoms with Gasteiger partial charge in [0.25, 0.3) is 5.91 Å². The summed E-state index contributed by atoms with van der Waals surface area (Å²) >= 11 is 0. The topological polar surface area (TPSA) is 63.4 Å². The molecule has 0 radical (unpaired) electrons. The molecule has 2 aliphatic rings. The zero-order valence-electron chi connectivity index (χ0n) is 12.8. The molecule has 0 aliphatic heterocycles. The summed E-state index contributed by atoms with van der Waals surface area (Å²) in [5, 5.41) is 0. The van der Waals surface area contributed by atoms with E-state index in [0.29, 0.717) is 12.0 Å². The molecule has 2 amide bonds. The van der Waals surface area contributed by atoms with Crippen LogP contribution in [0.2, 0.25) is 0 Å². The summed E-state index contributed by atoms with van der Waals surface area (Å²) in [6, 6.07) is 4.32. The molecular weight excluding hydrogens is 295 g/mol. The Morgan fingerprint density at radius 1 is 1.30 bits per heavy atom. The maximum Gasteiger partial charge on any atom is 0.254 e. The highest BCUT2D eigenvalue weighted by atomic mass is 19.1. The summed E-state index contributed by atoms with van der Waals surface area (Å²) < 4.78 is 13.6. The first-order valence-corrected chi connectivity index (χ1v) is 7.80. The van der Waals surface area contributed by atoms with E-state index in [0.717, 1.165) is 30.4 Å². The first kappa shape index (κ1) is 15.5. The van der Waals surface area contributed by atoms with E-state index in [1.54, 1.807) is 12.1 Å². The number of hydrogen-bond acceptors (Lipinski definition) is 2. The van der Waals surface area contributed by atoms with Crippen LogP contribution in [0.4, 0.5) is 4.39 Å². The van der Waals surface area contributed by atoms with Gasteiger partial charge in [0.15, 0.2) is 0 Å². The lowest BCUT2D eigenvalue weighted by Gasteiger charge is -2.29. The normalized spacial score (nSPS) is 19.2. The van der Waals surface area contributed by atoms with Crippen LogP contribution in [0.3, 0.4) is 0 Å². The Morgan fingerprint density at radius 2 is 2.13 bits per heavy atom. The molecule has 0 aromatic heterocycles. The Balaban J connectivity index is 1.93. The first-order chi connectivity index (χ1) is 11.1. The fourth-order valence-electron chi connectivity index (χ4n) is 3.30. The molecular formula is C18H19FN2O2. The fraction of sp³-hybridized carbons (Fsp3) is 0.333. The maximum atomic E-state index is 13.6. The highest BCUT2D eigenvalue weighted by molar-refractivity contribution is 5.98. The number of hydrogen-bond donors (Lipinski definition) is 1. The van der Waals surface area contributed by atoms with Gasteiger partial charge in [-0.25, -0.2) is 4.39 Å². The van der Waals surface area contributed by atoms with Crippen LogP contribution in [-0.4, -0.2) is 23.3 Å². The molecule has 120 valence electrons. The van der Waals surface area contributed by atoms with E-state index >= 15 is 0 Å². The van der Waals surface area contributed by atoms with E-state index in [4.69, 9.17) is 5.73 Å². The van der Waals surface area contributed by atoms with Crippen molar-refractivity contribution in [1.82, 2.24) is 4.90 Å². The van der Waals surface area contributed by atoms with Gasteiger partial charge in [-0.2, -0.15) is 0 Å². The Bertz CT molecular complexity index is 709. The number of nitrogens with zero attached hydrogens (tertiary/aromatic N) is 1. The summed E-state index contributed by atoms with van der Waals surface area (Å²) in [5.41, 5.74) is 7.70. The number of halogens is 1. The van der Waals surface area contributed by atoms with Crippen molar-refractivity contribution in [2.75, 3.05) is 6.54 Å². The van der Waals surface area contributed by atoms with Crippen LogP contribution >= 0.6 is 0 Å². The highest BCUT2D eigenvalue weighted by Crippen LogP contribution is 2.37. The summed E-state index contributed by atoms with van der Waals surface area (Å²) in [4.78, 5) is 25.8. The molecule has 23 heavy (non-hydrogen) atoms. The first-order valence-electron chi connectivity index (χ1n) is 7.80. The third-order valence-electron chi connectivity index (χ3n) is 4.36. The maximum absolute atomic E-state index is 13.6. The molecule has 0 bridgehead atoms. The molecule has 3 rings (SSSR count). The van der Waals surface area contributed by atoms with Gasteiger partial charge in [0.2, 0.25) is 5.91 Å². The smallest absolute Gasteiger partial charge is 0.254 e. The van der Waals surface area contributed by atoms with E-state index in [1.165, 1.54) is 17.0 Å². The fourth-order valence-corrected chi connectivity index (χ4v) is 3.30. The number of allylic oxidation sites excluding steroid dienone is 2. The van der Waals surface area contributed by atoms with E-state index in [-0.39, 0.29) is 24.3 Å². The third kappa shape index (κ3) is 3.18. The summed E-state index contributed by atoms with van der Waals surface area (Å²) in [7, 11) is 0. The zero-order chi connectivity index (χ0) is 16.4. The standard InChI is InChI=1S/C18H19FN2O2/c19-14-8-6-12-7-9-16(15(12)10-14)21(11-17(20)22)18(23)13-4-2-1-3-5-13/h2,4-6,8,10,16H,1,3,7,9,11H2,(H2,20,22). The molecule has 4 nitrogen and oxygen atoms in total. The van der Waals surface area contributed by atoms with Crippen LogP contribution < -0.4 is 5.73 Å². The van der Waals surface area contributed by atoms with Gasteiger partial charge in [0, 0.05) is 5.57 Å². The number of aryl methyl sites for hydroxylation is 1. The van der Waals surface area contributed by atoms with Crippen molar-refractivity contribution in [2.24, 2.45) is 5.73 Å². The predicted octanol–water partition coefficient (Wildman–Crippen LogP) is 2.40. The number of amides is 2. The molecule has 5 heteroatoms. The second-order valence-electron chi connectivity index (χ2n) is 5.94. The summed E-state index contributed by atoms with van der Waals surface area (Å²) in [6.45, 7) is -0.162. The molecule has 1 unspecified atom stereocenters. The van der Waals surface area contributed by atoms with E-state index in [1.807, 2.05) is 12.2 Å². The molecule has 0 saturated heterocycles. The number of fused-ring (bicyclic) bond motifs is 1. The largest absolute Gasteiger partial charge is 0.368 e. The number of carbonyl (C=O) groups excluding carboxylic acids is 2. The number of benzene rings is 1. The van der Waals surface area contributed by atoms with E-state index in [2.05, 4.69) is 0 Å². The van der Waals surface area contributed by atoms with Crippen LogP contribution in [-0.2, 0) is 16.0 Å². The SMILES string of the molecule is NC(=O)CN(C(=O)C1=CCCC=C1)C1CCc2ccc(F)cc21. The van der Waals surface area contributed by atoms with Crippen molar-refractivity contribution in [1.29, 1.82) is 0 Å². The van der Waals surface area contributed by atoms with Gasteiger partial charge in [-0.15, -0.1) is 0 Å². The van der Waals surface area contributed by atoms with Crippen LogP contribution in [0.5, 0.6) is 0 Å². The molecule has 0 fully saturated rings. The van der Waals surface area contributed by atoms with Crippen LogP contribution in [0.15, 0.2) is 42.0 Å². The summed E-state index contributed by atoms with van der Waals surface area (Å²) in [6.07, 6.45) is 8.74. The number of nitrogens with two attached hydrogens (primary N) is 1. The Morgan fingerprint density at radius 3 is 2.83 bits per heavy atom. The lowest BCUT2D eigenvalue weighted by molar-refractivity contribution is -0.134. The van der Waals surface area contributed by atoms with E-state index in [9.17, 15) is 14.0 Å². The second kappa shape index (κ2) is 6.36. The minimum atomic E-state index is -0.566. The van der Waals surface area contributed by atoms with Gasteiger partial charge < -0.3 is 10.6 Å². The molecule has 0 spiro atoms. The average molecular weight is 314 g/mol. The van der Waals surface area contributed by atoms with Gasteiger partial charge in [0.1, 0.15) is 12.4 Å². The van der Waals surface area contributed by atoms with Crippen LogP contribution in [0.1, 0.15) is 36.4 Å². The van der Waals surface area contributed by atoms with Crippen molar-refractivity contribution >= 4 is 11.8 Å². The van der Waals surface area contributed by atoms with Gasteiger partial charge in [-0.1, -0.05) is 24.3 Å². The van der Waals surface area contributed by atoms with Crippen LogP contribution in [0, 0.1) is 5.82 Å². The van der Waals surface area contributed by atoms with E-state index < -0.39 is 5.91 Å². The number of rotatable bonds is 4. The van der Waals surface area contributed by atoms with Gasteiger partial charge >= 0.3 is 0 Å². The molecule has 2 aliphatic carbocycles. The van der Waals surface area contributed by atoms with Crippen molar-refractivity contribution in [3.8, 4) is 0 Å². The molecule has 2 N–H and O–H groups in total. The minimum absolute atomic E-state index is 0.162. The molecule has 0 heterocycles. The quantitative estimate of drug-likeness (QED) is 0.927. The number of primary amides is 1. The molecule has 1 atom stereocenters. The Kier molecular flexibility index (Phi) is 4.28. The highest BCUT2D eigenvalue weighted by Gasteiger charge is 2.33. The Hall–Kier alpha value is -2.43. The van der Waals surface area contributed by atoms with Gasteiger partial charge in [-0.05, 0) is 48.9 Å². The molecule has 1 aromatic rings. The second-order valence-corrected chi connectivity index (χ2v) is 5.94. The monoisotopic (exact) mass is 314 g/mol. The zero-order valence-corrected chi connectivity index (χ0v) is 12.8. The average Bonchev–Trinajstić information content (AvgIpc) is 2.95. The number of carbonyl (C=O) groups is 2. The lowest BCUT2D eigenvalue weighted by Crippen LogP contribution is -2.41. The molecule has 1 aromatic carbocycles. The lowest BCUT2D eigenvalue weighted by atomic mass is 10.0. The van der Waals surface area contributed by atoms with Crippen molar-refractivity contribution in [2.45, 2.75) is 31.7 Å². The Labute approximate surface area is 134 Å². The van der Waals surface area contributed by atoms with Crippen molar-refractivity contribution in [3.05, 3.63) is 58.9 Å².